The lowest BCUT2D eigenvalue weighted by Crippen LogP contribution is -2.77. The van der Waals surface area contributed by atoms with Crippen LogP contribution < -0.4 is 11.1 Å². The van der Waals surface area contributed by atoms with Crippen LogP contribution in [0.1, 0.15) is 25.8 Å². The lowest BCUT2D eigenvalue weighted by Gasteiger charge is -2.62. The molecule has 3 rings (SSSR count). The molecule has 104 valence electrons. The molecule has 3 nitrogen and oxygen atoms in total. The highest BCUT2D eigenvalue weighted by molar-refractivity contribution is 5.22. The lowest BCUT2D eigenvalue weighted by molar-refractivity contribution is -0.153. The molecule has 1 saturated carbocycles. The van der Waals surface area contributed by atoms with E-state index in [1.807, 2.05) is 6.07 Å². The number of hydrogen-bond acceptors (Lipinski definition) is 3. The van der Waals surface area contributed by atoms with Gasteiger partial charge in [0.25, 0.3) is 0 Å². The SMILES string of the molecule is CC1(C)C2OCCC2C1(N)CNCc1ccccc1. The maximum absolute atomic E-state index is 6.69. The van der Waals surface area contributed by atoms with E-state index in [4.69, 9.17) is 10.5 Å². The van der Waals surface area contributed by atoms with Crippen LogP contribution in [0.4, 0.5) is 0 Å². The summed E-state index contributed by atoms with van der Waals surface area (Å²) in [5.41, 5.74) is 7.93. The fourth-order valence-corrected chi connectivity index (χ4v) is 3.84. The van der Waals surface area contributed by atoms with Gasteiger partial charge in [-0.05, 0) is 12.0 Å². The number of nitrogens with one attached hydrogen (secondary N) is 1. The zero-order valence-corrected chi connectivity index (χ0v) is 11.9. The summed E-state index contributed by atoms with van der Waals surface area (Å²) in [5, 5.41) is 3.53. The zero-order valence-electron chi connectivity index (χ0n) is 11.9. The number of benzene rings is 1. The fourth-order valence-electron chi connectivity index (χ4n) is 3.84. The minimum Gasteiger partial charge on any atom is -0.377 e. The van der Waals surface area contributed by atoms with Crippen molar-refractivity contribution in [2.45, 2.75) is 38.5 Å². The molecule has 1 saturated heterocycles. The van der Waals surface area contributed by atoms with E-state index in [9.17, 15) is 0 Å². The van der Waals surface area contributed by atoms with Crippen LogP contribution in [0.25, 0.3) is 0 Å². The molecule has 1 heterocycles. The van der Waals surface area contributed by atoms with Crippen LogP contribution in [0.2, 0.25) is 0 Å². The molecule has 0 radical (unpaired) electrons. The van der Waals surface area contributed by atoms with Crippen LogP contribution in [0.15, 0.2) is 30.3 Å². The van der Waals surface area contributed by atoms with Crippen molar-refractivity contribution in [3.63, 3.8) is 0 Å². The minimum absolute atomic E-state index is 0.0673. The van der Waals surface area contributed by atoms with Gasteiger partial charge in [0.05, 0.1) is 6.10 Å². The Hall–Kier alpha value is -0.900. The predicted octanol–water partition coefficient (Wildman–Crippen LogP) is 1.92. The molecule has 0 amide bonds. The minimum atomic E-state index is -0.136. The number of nitrogens with two attached hydrogens (primary N) is 1. The van der Waals surface area contributed by atoms with E-state index in [2.05, 4.69) is 43.4 Å². The summed E-state index contributed by atoms with van der Waals surface area (Å²) in [7, 11) is 0. The Labute approximate surface area is 115 Å². The van der Waals surface area contributed by atoms with Crippen LogP contribution in [-0.4, -0.2) is 24.8 Å². The first kappa shape index (κ1) is 13.1. The molecular weight excluding hydrogens is 236 g/mol. The van der Waals surface area contributed by atoms with E-state index in [1.54, 1.807) is 0 Å². The van der Waals surface area contributed by atoms with Crippen LogP contribution in [0.3, 0.4) is 0 Å². The molecule has 3 heteroatoms. The second-order valence-electron chi connectivity index (χ2n) is 6.54. The van der Waals surface area contributed by atoms with E-state index in [0.717, 1.165) is 26.1 Å². The standard InChI is InChI=1S/C16H24N2O/c1-15(2)14-13(8-9-19-14)16(15,17)11-18-10-12-6-4-3-5-7-12/h3-7,13-14,18H,8-11,17H2,1-2H3. The molecule has 1 aromatic carbocycles. The molecule has 1 aliphatic carbocycles. The van der Waals surface area contributed by atoms with Gasteiger partial charge in [0.1, 0.15) is 0 Å². The average molecular weight is 260 g/mol. The molecule has 3 atom stereocenters. The van der Waals surface area contributed by atoms with Crippen LogP contribution >= 0.6 is 0 Å². The third-order valence-corrected chi connectivity index (χ3v) is 5.25. The quantitative estimate of drug-likeness (QED) is 0.869. The molecule has 0 aromatic heterocycles. The number of fused-ring (bicyclic) bond motifs is 1. The third-order valence-electron chi connectivity index (χ3n) is 5.25. The van der Waals surface area contributed by atoms with Crippen molar-refractivity contribution < 1.29 is 4.74 Å². The Morgan fingerprint density at radius 1 is 1.32 bits per heavy atom. The maximum Gasteiger partial charge on any atom is 0.0691 e. The van der Waals surface area contributed by atoms with Gasteiger partial charge in [0, 0.05) is 36.6 Å². The van der Waals surface area contributed by atoms with E-state index in [0.29, 0.717) is 12.0 Å². The molecule has 2 aliphatic rings. The smallest absolute Gasteiger partial charge is 0.0691 e. The van der Waals surface area contributed by atoms with Gasteiger partial charge in [-0.3, -0.25) is 0 Å². The summed E-state index contributed by atoms with van der Waals surface area (Å²) in [6.07, 6.45) is 1.47. The highest BCUT2D eigenvalue weighted by atomic mass is 16.5. The molecule has 0 spiro atoms. The molecular formula is C16H24N2O. The van der Waals surface area contributed by atoms with Crippen molar-refractivity contribution in [1.82, 2.24) is 5.32 Å². The van der Waals surface area contributed by atoms with E-state index < -0.39 is 0 Å². The summed E-state index contributed by atoms with van der Waals surface area (Å²) in [6, 6.07) is 10.5. The van der Waals surface area contributed by atoms with Crippen molar-refractivity contribution in [3.05, 3.63) is 35.9 Å². The number of ether oxygens (including phenoxy) is 1. The van der Waals surface area contributed by atoms with Crippen molar-refractivity contribution in [1.29, 1.82) is 0 Å². The maximum atomic E-state index is 6.69. The third kappa shape index (κ3) is 1.92. The van der Waals surface area contributed by atoms with Gasteiger partial charge in [-0.2, -0.15) is 0 Å². The monoisotopic (exact) mass is 260 g/mol. The Morgan fingerprint density at radius 3 is 2.79 bits per heavy atom. The average Bonchev–Trinajstić information content (AvgIpc) is 2.88. The topological polar surface area (TPSA) is 47.3 Å². The van der Waals surface area contributed by atoms with E-state index in [-0.39, 0.29) is 11.0 Å². The van der Waals surface area contributed by atoms with Crippen molar-refractivity contribution in [2.75, 3.05) is 13.2 Å². The van der Waals surface area contributed by atoms with Crippen molar-refractivity contribution in [3.8, 4) is 0 Å². The second-order valence-corrected chi connectivity index (χ2v) is 6.54. The van der Waals surface area contributed by atoms with Crippen LogP contribution in [0.5, 0.6) is 0 Å². The fraction of sp³-hybridized carbons (Fsp3) is 0.625. The highest BCUT2D eigenvalue weighted by Gasteiger charge is 2.67. The molecule has 2 fully saturated rings. The lowest BCUT2D eigenvalue weighted by atomic mass is 9.48. The molecule has 3 N–H and O–H groups in total. The highest BCUT2D eigenvalue weighted by Crippen LogP contribution is 2.57. The second kappa shape index (κ2) is 4.58. The first-order valence-corrected chi connectivity index (χ1v) is 7.21. The van der Waals surface area contributed by atoms with Gasteiger partial charge in [-0.1, -0.05) is 44.2 Å². The van der Waals surface area contributed by atoms with Crippen LogP contribution in [0, 0.1) is 11.3 Å². The van der Waals surface area contributed by atoms with Crippen LogP contribution in [-0.2, 0) is 11.3 Å². The number of hydrogen-bond donors (Lipinski definition) is 2. The van der Waals surface area contributed by atoms with Crippen molar-refractivity contribution in [2.24, 2.45) is 17.1 Å². The van der Waals surface area contributed by atoms with Gasteiger partial charge in [-0.15, -0.1) is 0 Å². The molecule has 3 unspecified atom stereocenters. The molecule has 1 aromatic rings. The Balaban J connectivity index is 1.60. The van der Waals surface area contributed by atoms with E-state index in [1.165, 1.54) is 5.56 Å². The zero-order chi connectivity index (χ0) is 13.5. The summed E-state index contributed by atoms with van der Waals surface area (Å²) in [5.74, 6) is 0.519. The van der Waals surface area contributed by atoms with Crippen molar-refractivity contribution >= 4 is 0 Å². The Bertz CT molecular complexity index is 445. The molecule has 0 bridgehead atoms. The normalized spacial score (nSPS) is 35.7. The largest absolute Gasteiger partial charge is 0.377 e. The van der Waals surface area contributed by atoms with E-state index >= 15 is 0 Å². The number of rotatable bonds is 4. The predicted molar refractivity (Wildman–Crippen MR) is 76.7 cm³/mol. The summed E-state index contributed by atoms with van der Waals surface area (Å²) < 4.78 is 5.82. The van der Waals surface area contributed by atoms with Gasteiger partial charge in [0.15, 0.2) is 0 Å². The molecule has 1 aliphatic heterocycles. The first-order chi connectivity index (χ1) is 9.06. The van der Waals surface area contributed by atoms with Gasteiger partial charge >= 0.3 is 0 Å². The van der Waals surface area contributed by atoms with Gasteiger partial charge < -0.3 is 15.8 Å². The van der Waals surface area contributed by atoms with Gasteiger partial charge in [0.2, 0.25) is 0 Å². The Morgan fingerprint density at radius 2 is 2.05 bits per heavy atom. The van der Waals surface area contributed by atoms with Gasteiger partial charge in [-0.25, -0.2) is 0 Å². The summed E-state index contributed by atoms with van der Waals surface area (Å²) >= 11 is 0. The summed E-state index contributed by atoms with van der Waals surface area (Å²) in [4.78, 5) is 0. The Kier molecular flexibility index (Phi) is 3.16. The molecule has 19 heavy (non-hydrogen) atoms. The first-order valence-electron chi connectivity index (χ1n) is 7.21. The summed E-state index contributed by atoms with van der Waals surface area (Å²) in [6.45, 7) is 7.09.